The SMILES string of the molecule is C[B]c1cnc2n[nH]nc2c1. The van der Waals surface area contributed by atoms with E-state index in [1.54, 1.807) is 6.20 Å². The van der Waals surface area contributed by atoms with Crippen LogP contribution >= 0.6 is 0 Å². The van der Waals surface area contributed by atoms with E-state index in [2.05, 4.69) is 20.4 Å². The molecule has 0 bridgehead atoms. The summed E-state index contributed by atoms with van der Waals surface area (Å²) in [6.45, 7) is 1.96. The molecule has 0 unspecified atom stereocenters. The molecule has 0 aliphatic rings. The van der Waals surface area contributed by atoms with Crippen LogP contribution in [-0.2, 0) is 0 Å². The van der Waals surface area contributed by atoms with E-state index >= 15 is 0 Å². The molecular weight excluding hydrogens is 139 g/mol. The highest BCUT2D eigenvalue weighted by atomic mass is 15.3. The summed E-state index contributed by atoms with van der Waals surface area (Å²) in [5.74, 6) is 0. The minimum absolute atomic E-state index is 0.663. The first-order valence-electron chi connectivity index (χ1n) is 3.36. The highest BCUT2D eigenvalue weighted by Crippen LogP contribution is 1.98. The molecule has 0 aliphatic heterocycles. The Labute approximate surface area is 64.3 Å². The fourth-order valence-corrected chi connectivity index (χ4v) is 0.914. The maximum Gasteiger partial charge on any atom is 0.201 e. The van der Waals surface area contributed by atoms with Gasteiger partial charge in [0.15, 0.2) is 0 Å². The van der Waals surface area contributed by atoms with E-state index in [-0.39, 0.29) is 0 Å². The van der Waals surface area contributed by atoms with Gasteiger partial charge in [-0.1, -0.05) is 12.3 Å². The number of nitrogens with one attached hydrogen (secondary N) is 1. The van der Waals surface area contributed by atoms with Crippen LogP contribution in [0.5, 0.6) is 0 Å². The van der Waals surface area contributed by atoms with Gasteiger partial charge in [0.1, 0.15) is 12.8 Å². The highest BCUT2D eigenvalue weighted by molar-refractivity contribution is 6.52. The number of nitrogens with zero attached hydrogens (tertiary/aromatic N) is 3. The number of hydrogen-bond donors (Lipinski definition) is 1. The van der Waals surface area contributed by atoms with Crippen molar-refractivity contribution >= 4 is 23.9 Å². The third-order valence-electron chi connectivity index (χ3n) is 1.53. The largest absolute Gasteiger partial charge is 0.234 e. The molecule has 53 valence electrons. The average molecular weight is 145 g/mol. The van der Waals surface area contributed by atoms with Crippen molar-refractivity contribution in [2.75, 3.05) is 0 Å². The Morgan fingerprint density at radius 1 is 1.45 bits per heavy atom. The van der Waals surface area contributed by atoms with Crippen molar-refractivity contribution in [3.05, 3.63) is 12.3 Å². The lowest BCUT2D eigenvalue weighted by Gasteiger charge is -1.90. The molecule has 4 nitrogen and oxygen atoms in total. The third-order valence-corrected chi connectivity index (χ3v) is 1.53. The van der Waals surface area contributed by atoms with Gasteiger partial charge in [-0.25, -0.2) is 4.98 Å². The molecule has 1 radical (unpaired) electrons. The summed E-state index contributed by atoms with van der Waals surface area (Å²) in [5, 5.41) is 10.3. The predicted molar refractivity (Wildman–Crippen MR) is 42.9 cm³/mol. The van der Waals surface area contributed by atoms with E-state index in [9.17, 15) is 0 Å². The van der Waals surface area contributed by atoms with Crippen molar-refractivity contribution in [1.29, 1.82) is 0 Å². The van der Waals surface area contributed by atoms with Crippen LogP contribution in [0.15, 0.2) is 12.3 Å². The number of fused-ring (bicyclic) bond motifs is 1. The van der Waals surface area contributed by atoms with Gasteiger partial charge in [0.25, 0.3) is 0 Å². The summed E-state index contributed by atoms with van der Waals surface area (Å²) >= 11 is 0. The standard InChI is InChI=1S/C6H6BN4/c1-7-4-2-5-6(8-3-4)10-11-9-5/h2-3H,1H3,(H,8,9,10,11). The summed E-state index contributed by atoms with van der Waals surface area (Å²) in [4.78, 5) is 4.08. The van der Waals surface area contributed by atoms with Gasteiger partial charge in [0.05, 0.1) is 0 Å². The number of hydrogen-bond acceptors (Lipinski definition) is 3. The molecule has 2 heterocycles. The summed E-state index contributed by atoms with van der Waals surface area (Å²) in [6, 6.07) is 1.94. The van der Waals surface area contributed by atoms with E-state index in [4.69, 9.17) is 0 Å². The molecule has 0 aliphatic carbocycles. The minimum Gasteiger partial charge on any atom is -0.234 e. The van der Waals surface area contributed by atoms with Crippen molar-refractivity contribution in [3.63, 3.8) is 0 Å². The molecule has 1 N–H and O–H groups in total. The first kappa shape index (κ1) is 6.33. The van der Waals surface area contributed by atoms with Gasteiger partial charge in [0.2, 0.25) is 5.65 Å². The second kappa shape index (κ2) is 2.34. The molecule has 2 aromatic rings. The quantitative estimate of drug-likeness (QED) is 0.562. The normalized spacial score (nSPS) is 10.3. The molecule has 0 aromatic carbocycles. The smallest absolute Gasteiger partial charge is 0.201 e. The molecule has 11 heavy (non-hydrogen) atoms. The van der Waals surface area contributed by atoms with Crippen molar-refractivity contribution < 1.29 is 0 Å². The van der Waals surface area contributed by atoms with E-state index in [1.165, 1.54) is 0 Å². The second-order valence-electron chi connectivity index (χ2n) is 2.22. The maximum absolute atomic E-state index is 4.08. The molecule has 0 atom stereocenters. The van der Waals surface area contributed by atoms with Crippen molar-refractivity contribution in [3.8, 4) is 0 Å². The highest BCUT2D eigenvalue weighted by Gasteiger charge is 1.98. The van der Waals surface area contributed by atoms with Crippen LogP contribution in [0, 0.1) is 0 Å². The Balaban J connectivity index is 2.67. The van der Waals surface area contributed by atoms with Crippen LogP contribution in [0.3, 0.4) is 0 Å². The van der Waals surface area contributed by atoms with Crippen LogP contribution in [0.4, 0.5) is 0 Å². The lowest BCUT2D eigenvalue weighted by molar-refractivity contribution is 0.954. The maximum atomic E-state index is 4.08. The predicted octanol–water partition coefficient (Wildman–Crippen LogP) is -0.270. The Kier molecular flexibility index (Phi) is 1.35. The fourth-order valence-electron chi connectivity index (χ4n) is 0.914. The molecule has 2 aromatic heterocycles. The van der Waals surface area contributed by atoms with Gasteiger partial charge in [-0.15, -0.1) is 5.10 Å². The third kappa shape index (κ3) is 0.980. The molecule has 0 fully saturated rings. The van der Waals surface area contributed by atoms with E-state index in [0.29, 0.717) is 5.65 Å². The van der Waals surface area contributed by atoms with Gasteiger partial charge in [-0.3, -0.25) is 0 Å². The Morgan fingerprint density at radius 2 is 2.36 bits per heavy atom. The number of aromatic amines is 1. The molecular formula is C6H6BN4. The van der Waals surface area contributed by atoms with Crippen molar-refractivity contribution in [1.82, 2.24) is 20.4 Å². The number of pyridine rings is 1. The lowest BCUT2D eigenvalue weighted by atomic mass is 9.74. The Morgan fingerprint density at radius 3 is 3.18 bits per heavy atom. The number of rotatable bonds is 1. The summed E-state index contributed by atoms with van der Waals surface area (Å²) in [7, 11) is 1.97. The molecule has 0 amide bonds. The first-order valence-corrected chi connectivity index (χ1v) is 3.36. The zero-order valence-corrected chi connectivity index (χ0v) is 6.07. The van der Waals surface area contributed by atoms with Gasteiger partial charge >= 0.3 is 0 Å². The lowest BCUT2D eigenvalue weighted by Crippen LogP contribution is -2.10. The van der Waals surface area contributed by atoms with Crippen LogP contribution < -0.4 is 5.46 Å². The second-order valence-corrected chi connectivity index (χ2v) is 2.22. The van der Waals surface area contributed by atoms with Gasteiger partial charge in [0, 0.05) is 6.20 Å². The first-order chi connectivity index (χ1) is 5.40. The summed E-state index contributed by atoms with van der Waals surface area (Å²) in [5.41, 5.74) is 2.53. The zero-order chi connectivity index (χ0) is 7.68. The fraction of sp³-hybridized carbons (Fsp3) is 0.167. The van der Waals surface area contributed by atoms with E-state index in [0.717, 1.165) is 11.0 Å². The van der Waals surface area contributed by atoms with Crippen molar-refractivity contribution in [2.45, 2.75) is 6.82 Å². The number of aromatic nitrogens is 4. The molecule has 0 spiro atoms. The molecule has 0 saturated heterocycles. The number of H-pyrrole nitrogens is 1. The molecule has 5 heteroatoms. The Hall–Kier alpha value is -1.39. The summed E-state index contributed by atoms with van der Waals surface area (Å²) < 4.78 is 0. The van der Waals surface area contributed by atoms with Crippen molar-refractivity contribution in [2.24, 2.45) is 0 Å². The van der Waals surface area contributed by atoms with Crippen LogP contribution in [0.25, 0.3) is 11.2 Å². The summed E-state index contributed by atoms with van der Waals surface area (Å²) in [6.07, 6.45) is 1.77. The minimum atomic E-state index is 0.663. The Bertz CT molecular complexity index is 369. The van der Waals surface area contributed by atoms with Gasteiger partial charge in [-0.05, 0) is 6.07 Å². The van der Waals surface area contributed by atoms with E-state index in [1.807, 2.05) is 20.2 Å². The average Bonchev–Trinajstić information content (AvgIpc) is 2.50. The van der Waals surface area contributed by atoms with Gasteiger partial charge in [-0.2, -0.15) is 10.3 Å². The zero-order valence-electron chi connectivity index (χ0n) is 6.07. The van der Waals surface area contributed by atoms with E-state index < -0.39 is 0 Å². The topological polar surface area (TPSA) is 54.5 Å². The van der Waals surface area contributed by atoms with Crippen LogP contribution in [0.1, 0.15) is 0 Å². The van der Waals surface area contributed by atoms with Crippen LogP contribution in [-0.4, -0.2) is 27.7 Å². The van der Waals surface area contributed by atoms with Crippen LogP contribution in [0.2, 0.25) is 6.82 Å². The van der Waals surface area contributed by atoms with Gasteiger partial charge < -0.3 is 0 Å². The molecule has 0 saturated carbocycles. The monoisotopic (exact) mass is 145 g/mol. The molecule has 2 rings (SSSR count).